The van der Waals surface area contributed by atoms with Gasteiger partial charge in [0.1, 0.15) is 66.7 Å². The zero-order valence-electron chi connectivity index (χ0n) is 78.5. The molecule has 748 valence electrons. The van der Waals surface area contributed by atoms with Crippen molar-refractivity contribution in [1.82, 2.24) is 81.7 Å². The molecule has 0 radical (unpaired) electrons. The maximum absolute atomic E-state index is 15.9. The van der Waals surface area contributed by atoms with Crippen LogP contribution in [-0.2, 0) is 123 Å². The number of hydrogen-bond donors (Lipinski definition) is 17. The molecule has 15 amide bonds. The van der Waals surface area contributed by atoms with Gasteiger partial charge in [-0.25, -0.2) is 4.98 Å². The topological polar surface area (TPSA) is 651 Å². The zero-order chi connectivity index (χ0) is 101. The molecular weight excluding hydrogens is 1810 g/mol. The van der Waals surface area contributed by atoms with E-state index in [1.807, 2.05) is 0 Å². The number of likely N-dealkylation sites (N-methyl/N-ethyl adjacent to an activating group) is 3. The summed E-state index contributed by atoms with van der Waals surface area (Å²) in [5.74, 6) is -23.9. The number of ether oxygens (including phenoxy) is 1. The van der Waals surface area contributed by atoms with Crippen LogP contribution >= 0.6 is 11.8 Å². The Hall–Kier alpha value is -13.5. The zero-order valence-corrected chi connectivity index (χ0v) is 79.3. The first-order chi connectivity index (χ1) is 65.6. The number of fused-ring (bicyclic) bond motifs is 4. The van der Waals surface area contributed by atoms with Crippen molar-refractivity contribution in [3.63, 3.8) is 0 Å². The number of thioether (sulfide) groups is 1. The number of H-pyrrole nitrogens is 2. The van der Waals surface area contributed by atoms with Crippen molar-refractivity contribution in [2.75, 3.05) is 52.9 Å². The Balaban J connectivity index is 1.11. The fraction of sp³-hybridized carbons (Fsp3) is 0.532. The summed E-state index contributed by atoms with van der Waals surface area (Å²) < 4.78 is 6.74. The first-order valence-electron chi connectivity index (χ1n) is 46.1. The van der Waals surface area contributed by atoms with E-state index in [0.717, 1.165) is 38.3 Å². The minimum Gasteiger partial charge on any atom is -0.497 e. The second-order valence-electron chi connectivity index (χ2n) is 35.4. The van der Waals surface area contributed by atoms with E-state index in [4.69, 9.17) is 21.9 Å². The van der Waals surface area contributed by atoms with Gasteiger partial charge in [0.25, 0.3) is 0 Å². The normalized spacial score (nSPS) is 25.3. The predicted molar refractivity (Wildman–Crippen MR) is 501 cm³/mol. The van der Waals surface area contributed by atoms with Gasteiger partial charge >= 0.3 is 5.97 Å². The summed E-state index contributed by atoms with van der Waals surface area (Å²) in [5.41, 5.74) is 19.3. The molecule has 3 fully saturated rings. The summed E-state index contributed by atoms with van der Waals surface area (Å²) >= 11 is 0.763. The van der Waals surface area contributed by atoms with Gasteiger partial charge in [0.2, 0.25) is 88.6 Å². The van der Waals surface area contributed by atoms with Crippen LogP contribution in [0.1, 0.15) is 153 Å². The molecule has 2 unspecified atom stereocenters. The number of primary amides is 3. The quantitative estimate of drug-likeness (QED) is 0.0268. The van der Waals surface area contributed by atoms with Crippen LogP contribution in [0.5, 0.6) is 5.75 Å². The van der Waals surface area contributed by atoms with Crippen LogP contribution in [0.4, 0.5) is 0 Å². The highest BCUT2D eigenvalue weighted by Gasteiger charge is 2.48. The number of aromatic amines is 2. The number of carbonyl (C=O) groups is 19. The number of aliphatic hydroxyl groups is 3. The van der Waals surface area contributed by atoms with Gasteiger partial charge in [0, 0.05) is 131 Å². The minimum atomic E-state index is -1.90. The third-order valence-corrected chi connectivity index (χ3v) is 26.5. The summed E-state index contributed by atoms with van der Waals surface area (Å²) in [7, 11) is 5.20. The average Bonchev–Trinajstić information content (AvgIpc) is 1.65. The molecule has 43 nitrogen and oxygen atoms in total. The monoisotopic (exact) mass is 1940 g/mol. The van der Waals surface area contributed by atoms with Gasteiger partial charge < -0.3 is 119 Å². The van der Waals surface area contributed by atoms with Gasteiger partial charge in [0.15, 0.2) is 17.3 Å². The van der Waals surface area contributed by atoms with E-state index in [-0.39, 0.29) is 63.6 Å². The standard InChI is InChI=1S/C94H127N19O24S/c1-9-11-21-72-88(130)108-82(51(4)115)90(132)107-70(75(117)30-32-78(96)120)47-138-48-80(122)101-67(34-52-25-27-58(137-8)28-26-52)91(133)109(5)50(3)84(126)105-69(41-79(97)121)93(135)113-33-17-24-73(113)89(131)104-66(38-56-43-98-49-100-56)87(129)102-64(29-31-77(95)119)83(125)61-39-57(116)40-62(61)86(128)103-65(35-53-42-99-63-20-15-13-18-59(53)63)76(118)37-55(46-114)85(127)106-68(92(134)111(7)74(22-12-10-2)94(136)110(72)6)36-54-44-112(45-81(123)124)71-23-16-14-19-60(54)71/h13-16,18-20,23,25-28,42-44,49-51,55,57,61-62,64-70,72-74,82,99,114-116H,9-12,17,21-22,24,29-41,45-48H2,1-8H3,(H2,95,119)(H2,96,120)(H2,97,121)(H,98,100)(H,101,122)(H,102,129)(H,103,128)(H,104,131)(H,105,126)(H,106,127)(H,107,132)(H,108,130)(H,123,124)/t50-,51?,55-,57-,61?,62+,64-,65-,66-,67-,68-,69-,70-,72-,73-,74-,82-/m0/s1. The lowest BCUT2D eigenvalue weighted by molar-refractivity contribution is -0.150. The second-order valence-corrected chi connectivity index (χ2v) is 36.5. The van der Waals surface area contributed by atoms with E-state index < -0.39 is 303 Å². The second kappa shape index (κ2) is 51.1. The number of aromatic nitrogens is 4. The van der Waals surface area contributed by atoms with E-state index >= 15 is 38.4 Å². The first-order valence-corrected chi connectivity index (χ1v) is 47.3. The molecule has 1 aliphatic carbocycles. The number of ketones is 3. The molecular formula is C94H127N19O24S. The molecule has 17 atom stereocenters. The number of nitrogens with two attached hydrogens (primary N) is 3. The summed E-state index contributed by atoms with van der Waals surface area (Å²) in [6.07, 6.45) is -2.14. The van der Waals surface area contributed by atoms with Crippen molar-refractivity contribution in [2.45, 2.75) is 247 Å². The van der Waals surface area contributed by atoms with Crippen LogP contribution in [0.2, 0.25) is 0 Å². The van der Waals surface area contributed by atoms with Gasteiger partial charge in [-0.05, 0) is 99.7 Å². The van der Waals surface area contributed by atoms with E-state index in [9.17, 15) is 73.2 Å². The van der Waals surface area contributed by atoms with E-state index in [2.05, 4.69) is 57.5 Å². The Labute approximate surface area is 800 Å². The van der Waals surface area contributed by atoms with Crippen LogP contribution in [-0.4, -0.2) is 309 Å². The minimum absolute atomic E-state index is 0.0633. The Morgan fingerprint density at radius 1 is 0.594 bits per heavy atom. The number of amides is 15. The molecule has 20 N–H and O–H groups in total. The maximum Gasteiger partial charge on any atom is 0.323 e. The third kappa shape index (κ3) is 29.3. The smallest absolute Gasteiger partial charge is 0.323 e. The largest absolute Gasteiger partial charge is 0.497 e. The molecule has 3 aliphatic rings. The van der Waals surface area contributed by atoms with Crippen molar-refractivity contribution < 1.29 is 116 Å². The molecule has 2 saturated heterocycles. The molecule has 44 heteroatoms. The lowest BCUT2D eigenvalue weighted by atomic mass is 9.85. The number of carboxylic acids is 1. The Kier molecular flexibility index (Phi) is 40.0. The molecule has 3 aromatic heterocycles. The Bertz CT molecular complexity index is 5400. The van der Waals surface area contributed by atoms with E-state index in [1.54, 1.807) is 92.8 Å². The SMILES string of the molecule is CCCC[C@H]1C(=O)N(C)[C@@H](CCCC)C(=O)N[C@@H](C(C)O)C(=O)N[C@H](C(=O)CCC(N)=O)CSCC(=O)N[C@@H](Cc2ccc(OC)cc2)C(=O)N(C)[C@@H](C)C(=O)N[C@@H](CC(N)=O)C(=O)N2CCC[C@H]2C(=O)N[C@@H](Cc2c[nH]cn2)C(=O)N[C@@H](CCC(N)=O)C(=O)C2C[C@H](O)C[C@H]2C(=O)N[C@@H](Cc2c[nH]c3ccccc23)C(=O)C[C@@H](CO)C(=O)N[C@@H](Cc2cn(CC(=O)O)c3ccccc23)C(=O)N1C. The Morgan fingerprint density at radius 2 is 1.21 bits per heavy atom. The van der Waals surface area contributed by atoms with Crippen LogP contribution in [0, 0.1) is 17.8 Å². The van der Waals surface area contributed by atoms with Gasteiger partial charge in [-0.3, -0.25) is 91.1 Å². The number of methoxy groups -OCH3 is 1. The van der Waals surface area contributed by atoms with E-state index in [0.29, 0.717) is 57.1 Å². The number of carbonyl (C=O) groups excluding carboxylic acids is 18. The van der Waals surface area contributed by atoms with Crippen molar-refractivity contribution >= 4 is 145 Å². The molecule has 1 saturated carbocycles. The fourth-order valence-corrected chi connectivity index (χ4v) is 18.5. The molecule has 9 rings (SSSR count). The number of nitrogens with zero attached hydrogens (tertiary/aromatic N) is 6. The number of para-hydroxylation sites is 2. The summed E-state index contributed by atoms with van der Waals surface area (Å²) in [6.45, 7) is 4.22. The molecule has 0 spiro atoms. The lowest BCUT2D eigenvalue weighted by Gasteiger charge is -2.36. The number of nitrogens with one attached hydrogen (secondary N) is 10. The molecule has 0 bridgehead atoms. The Morgan fingerprint density at radius 3 is 1.86 bits per heavy atom. The number of hydrogen-bond acceptors (Lipinski definition) is 25. The number of carboxylic acid groups (broad SMARTS) is 1. The number of unbranched alkanes of at least 4 members (excludes halogenated alkanes) is 2. The third-order valence-electron chi connectivity index (χ3n) is 25.4. The van der Waals surface area contributed by atoms with Crippen molar-refractivity contribution in [3.8, 4) is 5.75 Å². The van der Waals surface area contributed by atoms with Gasteiger partial charge in [-0.15, -0.1) is 11.8 Å². The highest BCUT2D eigenvalue weighted by atomic mass is 32.2. The molecule has 3 aromatic carbocycles. The van der Waals surface area contributed by atoms with E-state index in [1.165, 1.54) is 58.5 Å². The molecule has 5 heterocycles. The number of aliphatic hydroxyl groups excluding tert-OH is 3. The average molecular weight is 1940 g/mol. The van der Waals surface area contributed by atoms with Crippen molar-refractivity contribution in [1.29, 1.82) is 0 Å². The summed E-state index contributed by atoms with van der Waals surface area (Å²) in [5, 5.41) is 66.4. The molecule has 6 aromatic rings. The maximum atomic E-state index is 15.9. The number of aliphatic carboxylic acids is 1. The summed E-state index contributed by atoms with van der Waals surface area (Å²) in [4.78, 5) is 290. The number of Topliss-reactive ketones (excluding diaryl/α,β-unsaturated/α-hetero) is 3. The lowest BCUT2D eigenvalue weighted by Crippen LogP contribution is -2.61. The number of imidazole rings is 1. The van der Waals surface area contributed by atoms with Crippen LogP contribution in [0.15, 0.2) is 97.7 Å². The first kappa shape index (κ1) is 108. The van der Waals surface area contributed by atoms with Gasteiger partial charge in [-0.2, -0.15) is 0 Å². The van der Waals surface area contributed by atoms with Crippen LogP contribution < -0.4 is 64.5 Å². The van der Waals surface area contributed by atoms with Gasteiger partial charge in [-0.1, -0.05) is 88.1 Å². The highest BCUT2D eigenvalue weighted by molar-refractivity contribution is 8.00. The van der Waals surface area contributed by atoms with Crippen molar-refractivity contribution in [2.24, 2.45) is 35.0 Å². The highest BCUT2D eigenvalue weighted by Crippen LogP contribution is 2.36. The number of rotatable bonds is 28. The fourth-order valence-electron chi connectivity index (χ4n) is 17.6. The molecule has 138 heavy (non-hydrogen) atoms. The summed E-state index contributed by atoms with van der Waals surface area (Å²) in [6, 6.07) is 0.412. The predicted octanol–water partition coefficient (Wildman–Crippen LogP) is -1.41. The van der Waals surface area contributed by atoms with Crippen molar-refractivity contribution in [3.05, 3.63) is 120 Å². The van der Waals surface area contributed by atoms with Crippen LogP contribution in [0.25, 0.3) is 21.8 Å². The van der Waals surface area contributed by atoms with Gasteiger partial charge in [0.05, 0.1) is 80.1 Å². The van der Waals surface area contributed by atoms with Crippen LogP contribution in [0.3, 0.4) is 0 Å². The number of benzene rings is 3. The molecule has 2 aliphatic heterocycles.